The molecule has 7 heteroatoms. The number of anilines is 1. The van der Waals surface area contributed by atoms with Gasteiger partial charge >= 0.3 is 0 Å². The van der Waals surface area contributed by atoms with Crippen LogP contribution < -0.4 is 15.4 Å². The van der Waals surface area contributed by atoms with Crippen LogP contribution in [0.5, 0.6) is 5.75 Å². The van der Waals surface area contributed by atoms with Crippen molar-refractivity contribution in [2.45, 2.75) is 19.9 Å². The fourth-order valence-electron chi connectivity index (χ4n) is 1.83. The summed E-state index contributed by atoms with van der Waals surface area (Å²) < 4.78 is 9.98. The molecule has 1 heterocycles. The van der Waals surface area contributed by atoms with Gasteiger partial charge in [-0.2, -0.15) is 0 Å². The third-order valence-corrected chi connectivity index (χ3v) is 2.97. The first-order valence-corrected chi connectivity index (χ1v) is 6.69. The molecule has 0 saturated carbocycles. The number of benzene rings is 1. The molecule has 116 valence electrons. The van der Waals surface area contributed by atoms with Crippen LogP contribution in [0.2, 0.25) is 0 Å². The van der Waals surface area contributed by atoms with E-state index in [-0.39, 0.29) is 0 Å². The van der Waals surface area contributed by atoms with Crippen LogP contribution in [0.1, 0.15) is 23.0 Å². The van der Waals surface area contributed by atoms with Gasteiger partial charge in [0.15, 0.2) is 5.82 Å². The van der Waals surface area contributed by atoms with E-state index in [9.17, 15) is 9.59 Å². The molecule has 0 saturated heterocycles. The molecule has 2 rings (SSSR count). The van der Waals surface area contributed by atoms with Gasteiger partial charge in [-0.3, -0.25) is 9.59 Å². The van der Waals surface area contributed by atoms with E-state index in [4.69, 9.17) is 9.26 Å². The van der Waals surface area contributed by atoms with Crippen LogP contribution in [-0.4, -0.2) is 30.1 Å². The monoisotopic (exact) mass is 303 g/mol. The lowest BCUT2D eigenvalue weighted by Crippen LogP contribution is -2.41. The molecule has 1 aromatic carbocycles. The van der Waals surface area contributed by atoms with Gasteiger partial charge in [-0.1, -0.05) is 17.3 Å². The van der Waals surface area contributed by atoms with Crippen LogP contribution in [0.4, 0.5) is 5.82 Å². The summed E-state index contributed by atoms with van der Waals surface area (Å²) in [6, 6.07) is 7.64. The lowest BCUT2D eigenvalue weighted by Gasteiger charge is -2.14. The third-order valence-electron chi connectivity index (χ3n) is 2.97. The Morgan fingerprint density at radius 2 is 2.05 bits per heavy atom. The Labute approximate surface area is 127 Å². The predicted octanol–water partition coefficient (Wildman–Crippen LogP) is 1.75. The Kier molecular flexibility index (Phi) is 4.77. The fourth-order valence-corrected chi connectivity index (χ4v) is 1.83. The van der Waals surface area contributed by atoms with Gasteiger partial charge in [0, 0.05) is 6.07 Å². The normalized spacial score (nSPS) is 11.6. The van der Waals surface area contributed by atoms with Crippen molar-refractivity contribution in [3.05, 3.63) is 41.7 Å². The Bertz CT molecular complexity index is 681. The zero-order chi connectivity index (χ0) is 16.1. The van der Waals surface area contributed by atoms with Crippen LogP contribution in [0.3, 0.4) is 0 Å². The molecule has 0 aliphatic carbocycles. The number of carbonyl (C=O) groups excluding carboxylic acids is 2. The Morgan fingerprint density at radius 1 is 1.32 bits per heavy atom. The van der Waals surface area contributed by atoms with Crippen LogP contribution in [0, 0.1) is 6.92 Å². The van der Waals surface area contributed by atoms with Crippen molar-refractivity contribution < 1.29 is 18.8 Å². The van der Waals surface area contributed by atoms with Gasteiger partial charge in [-0.25, -0.2) is 0 Å². The maximum absolute atomic E-state index is 12.2. The van der Waals surface area contributed by atoms with E-state index in [1.807, 2.05) is 0 Å². The summed E-state index contributed by atoms with van der Waals surface area (Å²) in [5, 5.41) is 8.83. The number of hydrogen-bond acceptors (Lipinski definition) is 5. The number of amides is 2. The highest BCUT2D eigenvalue weighted by atomic mass is 16.5. The molecule has 0 aliphatic heterocycles. The summed E-state index contributed by atoms with van der Waals surface area (Å²) in [5.41, 5.74) is 0.363. The van der Waals surface area contributed by atoms with Gasteiger partial charge in [-0.15, -0.1) is 0 Å². The second-order valence-electron chi connectivity index (χ2n) is 4.71. The highest BCUT2D eigenvalue weighted by Gasteiger charge is 2.19. The molecule has 2 amide bonds. The fraction of sp³-hybridized carbons (Fsp3) is 0.267. The Balaban J connectivity index is 2.00. The average molecular weight is 303 g/mol. The first-order chi connectivity index (χ1) is 10.5. The van der Waals surface area contributed by atoms with Crippen molar-refractivity contribution in [1.29, 1.82) is 0 Å². The highest BCUT2D eigenvalue weighted by Crippen LogP contribution is 2.17. The zero-order valence-electron chi connectivity index (χ0n) is 12.5. The van der Waals surface area contributed by atoms with Gasteiger partial charge in [0.1, 0.15) is 17.6 Å². The molecule has 7 nitrogen and oxygen atoms in total. The van der Waals surface area contributed by atoms with Crippen LogP contribution in [-0.2, 0) is 4.79 Å². The molecule has 2 N–H and O–H groups in total. The number of aromatic nitrogens is 1. The maximum atomic E-state index is 12.2. The molecule has 1 atom stereocenters. The maximum Gasteiger partial charge on any atom is 0.255 e. The SMILES string of the molecule is COc1ccccc1C(=O)N[C@@H](C)C(=O)Nc1cc(C)on1. The second kappa shape index (κ2) is 6.75. The number of hydrogen-bond donors (Lipinski definition) is 2. The minimum Gasteiger partial charge on any atom is -0.496 e. The molecule has 0 unspecified atom stereocenters. The van der Waals surface area contributed by atoms with Gasteiger partial charge < -0.3 is 19.9 Å². The molecule has 0 radical (unpaired) electrons. The third kappa shape index (κ3) is 3.63. The van der Waals surface area contributed by atoms with Crippen molar-refractivity contribution in [1.82, 2.24) is 10.5 Å². The molecule has 0 fully saturated rings. The number of aryl methyl sites for hydroxylation is 1. The highest BCUT2D eigenvalue weighted by molar-refractivity contribution is 6.01. The largest absolute Gasteiger partial charge is 0.496 e. The van der Waals surface area contributed by atoms with Crippen molar-refractivity contribution in [2.24, 2.45) is 0 Å². The molecule has 2 aromatic rings. The van der Waals surface area contributed by atoms with E-state index < -0.39 is 17.9 Å². The number of nitrogens with zero attached hydrogens (tertiary/aromatic N) is 1. The summed E-state index contributed by atoms with van der Waals surface area (Å²) in [5.74, 6) is 0.551. The minimum absolute atomic E-state index is 0.306. The van der Waals surface area contributed by atoms with E-state index in [1.54, 1.807) is 44.2 Å². The zero-order valence-corrected chi connectivity index (χ0v) is 12.5. The molecule has 0 aliphatic rings. The van der Waals surface area contributed by atoms with E-state index >= 15 is 0 Å². The number of methoxy groups -OCH3 is 1. The summed E-state index contributed by atoms with van der Waals surface area (Å²) in [6.45, 7) is 3.30. The van der Waals surface area contributed by atoms with Crippen molar-refractivity contribution >= 4 is 17.6 Å². The smallest absolute Gasteiger partial charge is 0.255 e. The molecule has 0 bridgehead atoms. The summed E-state index contributed by atoms with van der Waals surface area (Å²) in [7, 11) is 1.48. The quantitative estimate of drug-likeness (QED) is 0.877. The van der Waals surface area contributed by atoms with Gasteiger partial charge in [0.2, 0.25) is 5.91 Å². The summed E-state index contributed by atoms with van der Waals surface area (Å²) >= 11 is 0. The second-order valence-corrected chi connectivity index (χ2v) is 4.71. The topological polar surface area (TPSA) is 93.5 Å². The number of ether oxygens (including phenoxy) is 1. The van der Waals surface area contributed by atoms with Crippen molar-refractivity contribution in [2.75, 3.05) is 12.4 Å². The number of rotatable bonds is 5. The molecule has 22 heavy (non-hydrogen) atoms. The Hall–Kier alpha value is -2.83. The number of carbonyl (C=O) groups is 2. The number of para-hydroxylation sites is 1. The Morgan fingerprint density at radius 3 is 2.68 bits per heavy atom. The molecule has 1 aromatic heterocycles. The van der Waals surface area contributed by atoms with Gasteiger partial charge in [0.25, 0.3) is 5.91 Å². The lowest BCUT2D eigenvalue weighted by molar-refractivity contribution is -0.117. The van der Waals surface area contributed by atoms with Crippen molar-refractivity contribution in [3.8, 4) is 5.75 Å². The van der Waals surface area contributed by atoms with Crippen molar-refractivity contribution in [3.63, 3.8) is 0 Å². The van der Waals surface area contributed by atoms with Gasteiger partial charge in [0.05, 0.1) is 12.7 Å². The van der Waals surface area contributed by atoms with E-state index in [2.05, 4.69) is 15.8 Å². The standard InChI is InChI=1S/C15H17N3O4/c1-9-8-13(18-22-9)17-14(19)10(2)16-15(20)11-6-4-5-7-12(11)21-3/h4-8,10H,1-3H3,(H,16,20)(H,17,18,19)/t10-/m0/s1. The van der Waals surface area contributed by atoms with Crippen LogP contribution in [0.15, 0.2) is 34.9 Å². The molecular formula is C15H17N3O4. The summed E-state index contributed by atoms with van der Waals surface area (Å²) in [4.78, 5) is 24.2. The minimum atomic E-state index is -0.741. The van der Waals surface area contributed by atoms with Crippen LogP contribution >= 0.6 is 0 Å². The van der Waals surface area contributed by atoms with E-state index in [0.29, 0.717) is 22.9 Å². The first kappa shape index (κ1) is 15.6. The van der Waals surface area contributed by atoms with Crippen LogP contribution in [0.25, 0.3) is 0 Å². The average Bonchev–Trinajstić information content (AvgIpc) is 2.92. The molecular weight excluding hydrogens is 286 g/mol. The predicted molar refractivity (Wildman–Crippen MR) is 79.8 cm³/mol. The van der Waals surface area contributed by atoms with Gasteiger partial charge in [-0.05, 0) is 26.0 Å². The lowest BCUT2D eigenvalue weighted by atomic mass is 10.1. The van der Waals surface area contributed by atoms with E-state index in [1.165, 1.54) is 7.11 Å². The van der Waals surface area contributed by atoms with E-state index in [0.717, 1.165) is 0 Å². The number of nitrogens with one attached hydrogen (secondary N) is 2. The first-order valence-electron chi connectivity index (χ1n) is 6.69. The summed E-state index contributed by atoms with van der Waals surface area (Å²) in [6.07, 6.45) is 0. The molecule has 0 spiro atoms.